The van der Waals surface area contributed by atoms with Crippen LogP contribution in [-0.2, 0) is 6.42 Å². The molecule has 1 aromatic carbocycles. The Hall–Kier alpha value is -1.26. The zero-order chi connectivity index (χ0) is 11.3. The Morgan fingerprint density at radius 1 is 1.27 bits per heavy atom. The van der Waals surface area contributed by atoms with E-state index in [1.807, 2.05) is 31.3 Å². The first-order valence-corrected chi connectivity index (χ1v) is 6.14. The molecule has 0 aliphatic carbocycles. The summed E-state index contributed by atoms with van der Waals surface area (Å²) in [7, 11) is 0. The van der Waals surface area contributed by atoms with E-state index in [0.29, 0.717) is 0 Å². The van der Waals surface area contributed by atoms with Crippen LogP contribution in [-0.4, -0.2) is 0 Å². The highest BCUT2D eigenvalue weighted by atomic mass is 32.1. The smallest absolute Gasteiger partial charge is 0.0346 e. The van der Waals surface area contributed by atoms with Crippen LogP contribution in [0.2, 0.25) is 0 Å². The SMILES string of the molecule is C#Cc1ccc2sc(CC)cc2c1.CC. The summed E-state index contributed by atoms with van der Waals surface area (Å²) in [6, 6.07) is 8.40. The van der Waals surface area contributed by atoms with Crippen LogP contribution in [0.3, 0.4) is 0 Å². The monoisotopic (exact) mass is 216 g/mol. The van der Waals surface area contributed by atoms with Gasteiger partial charge in [0.1, 0.15) is 0 Å². The van der Waals surface area contributed by atoms with Gasteiger partial charge in [0.25, 0.3) is 0 Å². The molecule has 0 N–H and O–H groups in total. The van der Waals surface area contributed by atoms with Gasteiger partial charge in [0.2, 0.25) is 0 Å². The normalized spacial score (nSPS) is 9.20. The molecule has 78 valence electrons. The van der Waals surface area contributed by atoms with Crippen molar-refractivity contribution in [3.8, 4) is 12.3 Å². The van der Waals surface area contributed by atoms with Crippen LogP contribution in [0.15, 0.2) is 24.3 Å². The second kappa shape index (κ2) is 5.58. The third-order valence-corrected chi connectivity index (χ3v) is 3.34. The molecule has 2 rings (SSSR count). The van der Waals surface area contributed by atoms with Crippen molar-refractivity contribution in [3.05, 3.63) is 34.7 Å². The Morgan fingerprint density at radius 3 is 2.60 bits per heavy atom. The minimum absolute atomic E-state index is 0.966. The number of aryl methyl sites for hydroxylation is 1. The second-order valence-electron chi connectivity index (χ2n) is 2.96. The van der Waals surface area contributed by atoms with Crippen molar-refractivity contribution < 1.29 is 0 Å². The predicted octanol–water partition coefficient (Wildman–Crippen LogP) is 4.47. The Labute approximate surface area is 95.9 Å². The molecule has 0 unspecified atom stereocenters. The molecule has 0 aliphatic rings. The van der Waals surface area contributed by atoms with Crippen LogP contribution >= 0.6 is 11.3 Å². The number of hydrogen-bond acceptors (Lipinski definition) is 1. The summed E-state index contributed by atoms with van der Waals surface area (Å²) in [6.07, 6.45) is 6.44. The molecule has 15 heavy (non-hydrogen) atoms. The summed E-state index contributed by atoms with van der Waals surface area (Å²) < 4.78 is 1.33. The maximum absolute atomic E-state index is 5.33. The van der Waals surface area contributed by atoms with Crippen LogP contribution in [0.5, 0.6) is 0 Å². The molecule has 0 nitrogen and oxygen atoms in total. The standard InChI is InChI=1S/C12H10S.C2H6/c1-3-9-5-6-12-10(7-9)8-11(4-2)13-12;1-2/h1,5-8H,4H2,2H3;1-2H3. The molecular formula is C14H16S. The van der Waals surface area contributed by atoms with Crippen LogP contribution < -0.4 is 0 Å². The lowest BCUT2D eigenvalue weighted by atomic mass is 10.2. The summed E-state index contributed by atoms with van der Waals surface area (Å²) >= 11 is 1.85. The van der Waals surface area contributed by atoms with Gasteiger partial charge >= 0.3 is 0 Å². The molecule has 0 aliphatic heterocycles. The fourth-order valence-electron chi connectivity index (χ4n) is 1.36. The van der Waals surface area contributed by atoms with E-state index in [-0.39, 0.29) is 0 Å². The molecule has 2 aromatic rings. The summed E-state index contributed by atoms with van der Waals surface area (Å²) in [4.78, 5) is 1.42. The molecule has 0 radical (unpaired) electrons. The molecule has 0 spiro atoms. The molecule has 1 heteroatoms. The van der Waals surface area contributed by atoms with Gasteiger partial charge < -0.3 is 0 Å². The molecule has 1 heterocycles. The van der Waals surface area contributed by atoms with E-state index in [1.165, 1.54) is 15.0 Å². The highest BCUT2D eigenvalue weighted by Crippen LogP contribution is 2.26. The molecule has 0 saturated heterocycles. The Balaban J connectivity index is 0.000000531. The number of hydrogen-bond donors (Lipinski definition) is 0. The maximum atomic E-state index is 5.33. The van der Waals surface area contributed by atoms with E-state index in [4.69, 9.17) is 6.42 Å². The molecular weight excluding hydrogens is 200 g/mol. The molecule has 1 aromatic heterocycles. The van der Waals surface area contributed by atoms with Gasteiger partial charge in [0.15, 0.2) is 0 Å². The van der Waals surface area contributed by atoms with Crippen molar-refractivity contribution in [1.29, 1.82) is 0 Å². The van der Waals surface area contributed by atoms with E-state index in [2.05, 4.69) is 31.0 Å². The summed E-state index contributed by atoms with van der Waals surface area (Å²) in [5.41, 5.74) is 0.966. The first-order valence-electron chi connectivity index (χ1n) is 5.32. The van der Waals surface area contributed by atoms with Crippen LogP contribution in [0.4, 0.5) is 0 Å². The van der Waals surface area contributed by atoms with Gasteiger partial charge in [-0.05, 0) is 36.1 Å². The zero-order valence-corrected chi connectivity index (χ0v) is 10.3. The molecule has 0 amide bonds. The van der Waals surface area contributed by atoms with E-state index < -0.39 is 0 Å². The molecule has 0 bridgehead atoms. The number of rotatable bonds is 1. The molecule has 0 saturated carbocycles. The first kappa shape index (κ1) is 11.8. The zero-order valence-electron chi connectivity index (χ0n) is 9.50. The minimum atomic E-state index is 0.966. The van der Waals surface area contributed by atoms with Crippen LogP contribution in [0.25, 0.3) is 10.1 Å². The average molecular weight is 216 g/mol. The third kappa shape index (κ3) is 2.61. The van der Waals surface area contributed by atoms with E-state index in [1.54, 1.807) is 0 Å². The van der Waals surface area contributed by atoms with Crippen molar-refractivity contribution in [2.75, 3.05) is 0 Å². The molecule has 0 atom stereocenters. The first-order chi connectivity index (χ1) is 7.33. The van der Waals surface area contributed by atoms with Crippen LogP contribution in [0.1, 0.15) is 31.2 Å². The topological polar surface area (TPSA) is 0 Å². The lowest BCUT2D eigenvalue weighted by Crippen LogP contribution is -1.70. The number of benzene rings is 1. The van der Waals surface area contributed by atoms with Gasteiger partial charge in [-0.1, -0.05) is 26.7 Å². The van der Waals surface area contributed by atoms with Gasteiger partial charge in [-0.25, -0.2) is 0 Å². The lowest BCUT2D eigenvalue weighted by molar-refractivity contribution is 1.19. The highest BCUT2D eigenvalue weighted by molar-refractivity contribution is 7.19. The Morgan fingerprint density at radius 2 is 2.00 bits per heavy atom. The van der Waals surface area contributed by atoms with Crippen molar-refractivity contribution in [2.24, 2.45) is 0 Å². The average Bonchev–Trinajstić information content (AvgIpc) is 2.73. The van der Waals surface area contributed by atoms with Gasteiger partial charge in [-0.3, -0.25) is 0 Å². The number of thiophene rings is 1. The number of fused-ring (bicyclic) bond motifs is 1. The van der Waals surface area contributed by atoms with Crippen molar-refractivity contribution in [3.63, 3.8) is 0 Å². The Bertz CT molecular complexity index is 472. The fraction of sp³-hybridized carbons (Fsp3) is 0.286. The second-order valence-corrected chi connectivity index (χ2v) is 4.13. The van der Waals surface area contributed by atoms with Crippen LogP contribution in [0, 0.1) is 12.3 Å². The van der Waals surface area contributed by atoms with Gasteiger partial charge in [-0.2, -0.15) is 0 Å². The summed E-state index contributed by atoms with van der Waals surface area (Å²) in [6.45, 7) is 6.17. The Kier molecular flexibility index (Phi) is 4.39. The van der Waals surface area contributed by atoms with E-state index in [9.17, 15) is 0 Å². The quantitative estimate of drug-likeness (QED) is 0.617. The summed E-state index contributed by atoms with van der Waals surface area (Å²) in [5.74, 6) is 2.65. The number of terminal acetylenes is 1. The fourth-order valence-corrected chi connectivity index (χ4v) is 2.35. The van der Waals surface area contributed by atoms with Crippen molar-refractivity contribution in [2.45, 2.75) is 27.2 Å². The van der Waals surface area contributed by atoms with Gasteiger partial charge in [0, 0.05) is 15.1 Å². The van der Waals surface area contributed by atoms with Crippen molar-refractivity contribution >= 4 is 21.4 Å². The lowest BCUT2D eigenvalue weighted by Gasteiger charge is -1.89. The largest absolute Gasteiger partial charge is 0.140 e. The highest BCUT2D eigenvalue weighted by Gasteiger charge is 1.99. The predicted molar refractivity (Wildman–Crippen MR) is 70.5 cm³/mol. The summed E-state index contributed by atoms with van der Waals surface area (Å²) in [5, 5.41) is 1.28. The van der Waals surface area contributed by atoms with Gasteiger partial charge in [0.05, 0.1) is 0 Å². The van der Waals surface area contributed by atoms with Crippen molar-refractivity contribution in [1.82, 2.24) is 0 Å². The molecule has 0 fully saturated rings. The van der Waals surface area contributed by atoms with Gasteiger partial charge in [-0.15, -0.1) is 17.8 Å². The minimum Gasteiger partial charge on any atom is -0.140 e. The van der Waals surface area contributed by atoms with E-state index >= 15 is 0 Å². The van der Waals surface area contributed by atoms with E-state index in [0.717, 1.165) is 12.0 Å². The maximum Gasteiger partial charge on any atom is 0.0346 e. The third-order valence-electron chi connectivity index (χ3n) is 2.08.